The first-order chi connectivity index (χ1) is 20.2. The molecule has 1 aliphatic heterocycles. The van der Waals surface area contributed by atoms with E-state index in [-0.39, 0.29) is 17.7 Å². The van der Waals surface area contributed by atoms with E-state index in [1.54, 1.807) is 38.1 Å². The summed E-state index contributed by atoms with van der Waals surface area (Å²) in [5, 5.41) is 1.32. The molecule has 0 N–H and O–H groups in total. The molecule has 1 atom stereocenters. The van der Waals surface area contributed by atoms with Crippen molar-refractivity contribution < 1.29 is 23.4 Å². The number of furan rings is 1. The number of halogens is 2. The standard InChI is InChI=1S/C30H26BrClN2O6S2/c1-5-38-23-15-21(31)20(14-22(23)37-4)27-26(29(36)39-6-2)16(3)33-30-34(27)28(35)24(42-30)13-18-9-12-25(40-18)41-19-10-7-17(32)8-11-19/h7-15,27H,5-6H2,1-4H3/b24-13+/t27-/m0/s1. The van der Waals surface area contributed by atoms with E-state index in [1.807, 2.05) is 37.3 Å². The van der Waals surface area contributed by atoms with Gasteiger partial charge in [-0.25, -0.2) is 9.79 Å². The van der Waals surface area contributed by atoms with Crippen molar-refractivity contribution in [2.24, 2.45) is 4.99 Å². The van der Waals surface area contributed by atoms with Crippen molar-refractivity contribution in [1.82, 2.24) is 4.57 Å². The molecular formula is C30H26BrClN2O6S2. The van der Waals surface area contributed by atoms with Gasteiger partial charge in [0, 0.05) is 20.5 Å². The summed E-state index contributed by atoms with van der Waals surface area (Å²) in [4.78, 5) is 33.3. The monoisotopic (exact) mass is 688 g/mol. The zero-order valence-electron chi connectivity index (χ0n) is 23.1. The van der Waals surface area contributed by atoms with Crippen LogP contribution >= 0.6 is 50.6 Å². The maximum absolute atomic E-state index is 14.0. The number of nitrogens with zero attached hydrogens (tertiary/aromatic N) is 2. The summed E-state index contributed by atoms with van der Waals surface area (Å²) < 4.78 is 25.3. The lowest BCUT2D eigenvalue weighted by atomic mass is 9.95. The molecule has 0 aliphatic carbocycles. The highest BCUT2D eigenvalue weighted by molar-refractivity contribution is 9.10. The van der Waals surface area contributed by atoms with Gasteiger partial charge >= 0.3 is 5.97 Å². The van der Waals surface area contributed by atoms with Crippen LogP contribution in [-0.2, 0) is 9.53 Å². The molecule has 0 bridgehead atoms. The molecular weight excluding hydrogens is 664 g/mol. The lowest BCUT2D eigenvalue weighted by molar-refractivity contribution is -0.139. The molecule has 0 saturated carbocycles. The molecule has 8 nitrogen and oxygen atoms in total. The second-order valence-electron chi connectivity index (χ2n) is 8.97. The van der Waals surface area contributed by atoms with Crippen LogP contribution in [-0.4, -0.2) is 30.9 Å². The van der Waals surface area contributed by atoms with Crippen molar-refractivity contribution in [1.29, 1.82) is 0 Å². The topological polar surface area (TPSA) is 92.3 Å². The predicted octanol–water partition coefficient (Wildman–Crippen LogP) is 6.37. The number of fused-ring (bicyclic) bond motifs is 1. The second-order valence-corrected chi connectivity index (χ2v) is 12.4. The lowest BCUT2D eigenvalue weighted by Gasteiger charge is -2.26. The molecule has 42 heavy (non-hydrogen) atoms. The van der Waals surface area contributed by atoms with Gasteiger partial charge in [-0.2, -0.15) is 0 Å². The number of ether oxygens (including phenoxy) is 3. The highest BCUT2D eigenvalue weighted by Crippen LogP contribution is 2.41. The fourth-order valence-electron chi connectivity index (χ4n) is 4.49. The van der Waals surface area contributed by atoms with Gasteiger partial charge in [-0.05, 0) is 74.9 Å². The second kappa shape index (κ2) is 12.9. The molecule has 3 heterocycles. The first-order valence-electron chi connectivity index (χ1n) is 13.0. The number of thiazole rings is 1. The number of carbonyl (C=O) groups is 1. The zero-order valence-corrected chi connectivity index (χ0v) is 27.1. The highest BCUT2D eigenvalue weighted by atomic mass is 79.9. The number of esters is 1. The van der Waals surface area contributed by atoms with Crippen LogP contribution in [0.15, 0.2) is 88.5 Å². The molecule has 4 aromatic rings. The van der Waals surface area contributed by atoms with Crippen LogP contribution in [0.5, 0.6) is 11.5 Å². The molecule has 0 spiro atoms. The summed E-state index contributed by atoms with van der Waals surface area (Å²) >= 11 is 12.3. The Hall–Kier alpha value is -3.25. The Morgan fingerprint density at radius 1 is 1.17 bits per heavy atom. The van der Waals surface area contributed by atoms with Crippen LogP contribution in [0.2, 0.25) is 5.02 Å². The van der Waals surface area contributed by atoms with E-state index in [1.165, 1.54) is 34.8 Å². The average molecular weight is 690 g/mol. The number of allylic oxidation sites excluding steroid dienone is 1. The van der Waals surface area contributed by atoms with Crippen molar-refractivity contribution in [2.45, 2.75) is 36.8 Å². The fraction of sp³-hybridized carbons (Fsp3) is 0.233. The SMILES string of the molecule is CCOC(=O)C1=C(C)N=c2s/c(=C/c3ccc(Sc4ccc(Cl)cc4)o3)c(=O)n2[C@H]1c1cc(OC)c(OCC)cc1Br. The number of methoxy groups -OCH3 is 1. The number of aromatic nitrogens is 1. The Bertz CT molecular complexity index is 1860. The summed E-state index contributed by atoms with van der Waals surface area (Å²) in [6.45, 7) is 5.97. The van der Waals surface area contributed by atoms with Crippen molar-refractivity contribution in [3.8, 4) is 11.5 Å². The number of rotatable bonds is 9. The number of benzene rings is 2. The first kappa shape index (κ1) is 30.2. The minimum Gasteiger partial charge on any atom is -0.493 e. The van der Waals surface area contributed by atoms with E-state index in [0.717, 1.165) is 4.90 Å². The highest BCUT2D eigenvalue weighted by Gasteiger charge is 2.35. The molecule has 0 unspecified atom stereocenters. The number of hydrogen-bond donors (Lipinski definition) is 0. The summed E-state index contributed by atoms with van der Waals surface area (Å²) in [7, 11) is 1.54. The van der Waals surface area contributed by atoms with Crippen molar-refractivity contribution in [2.75, 3.05) is 20.3 Å². The molecule has 5 rings (SSSR count). The van der Waals surface area contributed by atoms with Crippen LogP contribution in [0.25, 0.3) is 6.08 Å². The van der Waals surface area contributed by atoms with Crippen LogP contribution in [0, 0.1) is 0 Å². The molecule has 0 amide bonds. The molecule has 2 aromatic carbocycles. The van der Waals surface area contributed by atoms with E-state index >= 15 is 0 Å². The number of hydrogen-bond acceptors (Lipinski definition) is 9. The van der Waals surface area contributed by atoms with Gasteiger partial charge in [0.15, 0.2) is 21.4 Å². The Balaban J connectivity index is 1.62. The van der Waals surface area contributed by atoms with Gasteiger partial charge in [-0.1, -0.05) is 50.6 Å². The third-order valence-electron chi connectivity index (χ3n) is 6.30. The average Bonchev–Trinajstić information content (AvgIpc) is 3.53. The van der Waals surface area contributed by atoms with Crippen LogP contribution < -0.4 is 24.4 Å². The van der Waals surface area contributed by atoms with E-state index in [0.29, 0.717) is 59.0 Å². The zero-order chi connectivity index (χ0) is 30.0. The maximum Gasteiger partial charge on any atom is 0.338 e. The minimum absolute atomic E-state index is 0.176. The molecule has 1 aliphatic rings. The normalized spacial score (nSPS) is 14.9. The Morgan fingerprint density at radius 2 is 1.93 bits per heavy atom. The van der Waals surface area contributed by atoms with Gasteiger partial charge in [-0.3, -0.25) is 9.36 Å². The van der Waals surface area contributed by atoms with Gasteiger partial charge in [0.05, 0.1) is 42.2 Å². The first-order valence-corrected chi connectivity index (χ1v) is 15.8. The van der Waals surface area contributed by atoms with Crippen molar-refractivity contribution in [3.63, 3.8) is 0 Å². The molecule has 0 radical (unpaired) electrons. The fourth-order valence-corrected chi connectivity index (χ4v) is 6.96. The quantitative estimate of drug-likeness (QED) is 0.189. The van der Waals surface area contributed by atoms with Crippen LogP contribution in [0.3, 0.4) is 0 Å². The molecule has 218 valence electrons. The van der Waals surface area contributed by atoms with Gasteiger partial charge in [-0.15, -0.1) is 0 Å². The Kier molecular flexibility index (Phi) is 9.32. The van der Waals surface area contributed by atoms with Crippen LogP contribution in [0.1, 0.15) is 38.1 Å². The third-order valence-corrected chi connectivity index (χ3v) is 9.15. The van der Waals surface area contributed by atoms with Crippen molar-refractivity contribution in [3.05, 3.63) is 100 Å². The maximum atomic E-state index is 14.0. The largest absolute Gasteiger partial charge is 0.493 e. The lowest BCUT2D eigenvalue weighted by Crippen LogP contribution is -2.40. The van der Waals surface area contributed by atoms with Crippen LogP contribution in [0.4, 0.5) is 0 Å². The summed E-state index contributed by atoms with van der Waals surface area (Å²) in [5.74, 6) is 0.967. The van der Waals surface area contributed by atoms with Crippen molar-refractivity contribution >= 4 is 62.7 Å². The van der Waals surface area contributed by atoms with E-state index < -0.39 is 12.0 Å². The Labute approximate surface area is 263 Å². The minimum atomic E-state index is -0.825. The van der Waals surface area contributed by atoms with Gasteiger partial charge in [0.1, 0.15) is 5.76 Å². The van der Waals surface area contributed by atoms with E-state index in [2.05, 4.69) is 20.9 Å². The third kappa shape index (κ3) is 6.10. The predicted molar refractivity (Wildman–Crippen MR) is 167 cm³/mol. The molecule has 0 saturated heterocycles. The Morgan fingerprint density at radius 3 is 2.62 bits per heavy atom. The molecule has 0 fully saturated rings. The van der Waals surface area contributed by atoms with Gasteiger partial charge < -0.3 is 18.6 Å². The molecule has 12 heteroatoms. The smallest absolute Gasteiger partial charge is 0.338 e. The van der Waals surface area contributed by atoms with Gasteiger partial charge in [0.2, 0.25) is 0 Å². The number of carbonyl (C=O) groups excluding carboxylic acids is 1. The van der Waals surface area contributed by atoms with E-state index in [9.17, 15) is 9.59 Å². The summed E-state index contributed by atoms with van der Waals surface area (Å²) in [6.07, 6.45) is 1.68. The summed E-state index contributed by atoms with van der Waals surface area (Å²) in [5.41, 5.74) is 1.04. The van der Waals surface area contributed by atoms with E-state index in [4.69, 9.17) is 30.2 Å². The summed E-state index contributed by atoms with van der Waals surface area (Å²) in [6, 6.07) is 13.8. The molecule has 2 aromatic heterocycles. The van der Waals surface area contributed by atoms with Gasteiger partial charge in [0.25, 0.3) is 5.56 Å².